The summed E-state index contributed by atoms with van der Waals surface area (Å²) in [5.74, 6) is 0. The fraction of sp³-hybridized carbons (Fsp3) is 0.609. The predicted molar refractivity (Wildman–Crippen MR) is 109 cm³/mol. The van der Waals surface area contributed by atoms with E-state index in [-0.39, 0.29) is 17.4 Å². The zero-order valence-corrected chi connectivity index (χ0v) is 17.5. The van der Waals surface area contributed by atoms with Gasteiger partial charge in [-0.25, -0.2) is 4.79 Å². The first-order valence-corrected chi connectivity index (χ1v) is 9.71. The van der Waals surface area contributed by atoms with Gasteiger partial charge in [0, 0.05) is 0 Å². The van der Waals surface area contributed by atoms with E-state index in [1.807, 2.05) is 0 Å². The third-order valence-corrected chi connectivity index (χ3v) is 5.47. The molecule has 0 aromatic heterocycles. The second kappa shape index (κ2) is 9.80. The standard InChI is InChI=1S/C23H36O3/c1-8-13-25-21(24)26-14-11-12-18-15-19(22(4,5)9-2)17-20(16-18)23(6,7)10-3/h8,15-17H,1,9-14H2,2-7H3. The van der Waals surface area contributed by atoms with Crippen LogP contribution in [-0.2, 0) is 26.7 Å². The molecular formula is C23H36O3. The number of benzene rings is 1. The Balaban J connectivity index is 2.86. The van der Waals surface area contributed by atoms with E-state index in [0.717, 1.165) is 25.7 Å². The van der Waals surface area contributed by atoms with E-state index < -0.39 is 6.16 Å². The van der Waals surface area contributed by atoms with E-state index in [1.54, 1.807) is 0 Å². The van der Waals surface area contributed by atoms with Gasteiger partial charge in [0.05, 0.1) is 6.61 Å². The molecule has 0 spiro atoms. The molecule has 0 heterocycles. The van der Waals surface area contributed by atoms with Gasteiger partial charge < -0.3 is 9.47 Å². The van der Waals surface area contributed by atoms with E-state index in [4.69, 9.17) is 9.47 Å². The maximum Gasteiger partial charge on any atom is 0.508 e. The number of carbonyl (C=O) groups is 1. The number of carbonyl (C=O) groups excluding carboxylic acids is 1. The molecule has 1 aromatic rings. The van der Waals surface area contributed by atoms with E-state index in [1.165, 1.54) is 22.8 Å². The Hall–Kier alpha value is -1.77. The zero-order chi connectivity index (χ0) is 19.8. The van der Waals surface area contributed by atoms with Crippen LogP contribution in [0, 0.1) is 0 Å². The Morgan fingerprint density at radius 1 is 1.00 bits per heavy atom. The minimum atomic E-state index is -0.626. The number of aryl methyl sites for hydroxylation is 1. The normalized spacial score (nSPS) is 11.9. The average molecular weight is 361 g/mol. The Labute approximate surface area is 159 Å². The lowest BCUT2D eigenvalue weighted by Gasteiger charge is -2.29. The van der Waals surface area contributed by atoms with Crippen molar-refractivity contribution in [2.24, 2.45) is 0 Å². The fourth-order valence-electron chi connectivity index (χ4n) is 2.63. The summed E-state index contributed by atoms with van der Waals surface area (Å²) in [6.07, 6.45) is 4.76. The minimum absolute atomic E-state index is 0.152. The first kappa shape index (κ1) is 22.3. The van der Waals surface area contributed by atoms with Crippen molar-refractivity contribution in [1.29, 1.82) is 0 Å². The summed E-state index contributed by atoms with van der Waals surface area (Å²) in [5.41, 5.74) is 4.39. The highest BCUT2D eigenvalue weighted by Gasteiger charge is 2.24. The molecule has 1 aromatic carbocycles. The quantitative estimate of drug-likeness (QED) is 0.278. The average Bonchev–Trinajstić information content (AvgIpc) is 2.63. The van der Waals surface area contributed by atoms with E-state index in [0.29, 0.717) is 6.61 Å². The number of hydrogen-bond acceptors (Lipinski definition) is 3. The van der Waals surface area contributed by atoms with Gasteiger partial charge in [-0.3, -0.25) is 0 Å². The van der Waals surface area contributed by atoms with Gasteiger partial charge in [-0.2, -0.15) is 0 Å². The Morgan fingerprint density at radius 2 is 1.54 bits per heavy atom. The molecule has 0 atom stereocenters. The highest BCUT2D eigenvalue weighted by atomic mass is 16.7. The second-order valence-corrected chi connectivity index (χ2v) is 8.20. The zero-order valence-electron chi connectivity index (χ0n) is 17.5. The Morgan fingerprint density at radius 3 is 2.00 bits per heavy atom. The molecule has 26 heavy (non-hydrogen) atoms. The van der Waals surface area contributed by atoms with Crippen LogP contribution < -0.4 is 0 Å². The topological polar surface area (TPSA) is 35.5 Å². The van der Waals surface area contributed by atoms with Crippen LogP contribution in [0.25, 0.3) is 0 Å². The van der Waals surface area contributed by atoms with Crippen LogP contribution in [0.15, 0.2) is 30.9 Å². The van der Waals surface area contributed by atoms with Crippen LogP contribution in [0.4, 0.5) is 4.79 Å². The summed E-state index contributed by atoms with van der Waals surface area (Å²) in [6.45, 7) is 17.7. The summed E-state index contributed by atoms with van der Waals surface area (Å²) in [4.78, 5) is 11.4. The third-order valence-electron chi connectivity index (χ3n) is 5.47. The first-order valence-electron chi connectivity index (χ1n) is 9.71. The molecule has 0 unspecified atom stereocenters. The molecule has 0 radical (unpaired) electrons. The highest BCUT2D eigenvalue weighted by molar-refractivity contribution is 5.59. The SMILES string of the molecule is C=CCOC(=O)OCCCc1cc(C(C)(C)CC)cc(C(C)(C)CC)c1. The van der Waals surface area contributed by atoms with Gasteiger partial charge in [0.15, 0.2) is 0 Å². The molecule has 0 N–H and O–H groups in total. The number of ether oxygens (including phenoxy) is 2. The molecule has 3 heteroatoms. The van der Waals surface area contributed by atoms with E-state index in [9.17, 15) is 4.79 Å². The molecule has 0 aliphatic carbocycles. The van der Waals surface area contributed by atoms with Gasteiger partial charge in [-0.15, -0.1) is 0 Å². The van der Waals surface area contributed by atoms with Crippen LogP contribution in [-0.4, -0.2) is 19.4 Å². The minimum Gasteiger partial charge on any atom is -0.434 e. The van der Waals surface area contributed by atoms with Gasteiger partial charge in [0.1, 0.15) is 6.61 Å². The maximum absolute atomic E-state index is 11.4. The lowest BCUT2D eigenvalue weighted by atomic mass is 9.75. The number of rotatable bonds is 10. The molecule has 3 nitrogen and oxygen atoms in total. The molecule has 0 saturated heterocycles. The van der Waals surface area contributed by atoms with Crippen LogP contribution in [0.2, 0.25) is 0 Å². The van der Waals surface area contributed by atoms with Gasteiger partial charge in [-0.1, -0.05) is 72.4 Å². The van der Waals surface area contributed by atoms with Crippen LogP contribution in [0.1, 0.15) is 77.5 Å². The molecule has 0 aliphatic rings. The summed E-state index contributed by atoms with van der Waals surface area (Å²) in [5, 5.41) is 0. The molecular weight excluding hydrogens is 324 g/mol. The van der Waals surface area contributed by atoms with Gasteiger partial charge in [0.2, 0.25) is 0 Å². The smallest absolute Gasteiger partial charge is 0.434 e. The summed E-state index contributed by atoms with van der Waals surface area (Å²) < 4.78 is 9.92. The van der Waals surface area contributed by atoms with Crippen LogP contribution in [0.5, 0.6) is 0 Å². The van der Waals surface area contributed by atoms with Crippen molar-refractivity contribution in [1.82, 2.24) is 0 Å². The maximum atomic E-state index is 11.4. The van der Waals surface area contributed by atoms with Gasteiger partial charge in [0.25, 0.3) is 0 Å². The lowest BCUT2D eigenvalue weighted by Crippen LogP contribution is -2.20. The van der Waals surface area contributed by atoms with Crippen molar-refractivity contribution in [3.05, 3.63) is 47.5 Å². The summed E-state index contributed by atoms with van der Waals surface area (Å²) >= 11 is 0. The fourth-order valence-corrected chi connectivity index (χ4v) is 2.63. The Bertz CT molecular complexity index is 565. The first-order chi connectivity index (χ1) is 12.2. The summed E-state index contributed by atoms with van der Waals surface area (Å²) in [7, 11) is 0. The van der Waals surface area contributed by atoms with Gasteiger partial charge in [-0.05, 0) is 53.2 Å². The highest BCUT2D eigenvalue weighted by Crippen LogP contribution is 2.34. The predicted octanol–water partition coefficient (Wildman–Crippen LogP) is 6.33. The van der Waals surface area contributed by atoms with E-state index >= 15 is 0 Å². The second-order valence-electron chi connectivity index (χ2n) is 8.20. The third kappa shape index (κ3) is 6.51. The van der Waals surface area contributed by atoms with Crippen molar-refractivity contribution in [3.8, 4) is 0 Å². The summed E-state index contributed by atoms with van der Waals surface area (Å²) in [6, 6.07) is 7.00. The lowest BCUT2D eigenvalue weighted by molar-refractivity contribution is 0.0625. The van der Waals surface area contributed by atoms with Crippen LogP contribution >= 0.6 is 0 Å². The van der Waals surface area contributed by atoms with E-state index in [2.05, 4.69) is 66.3 Å². The molecule has 0 bridgehead atoms. The monoisotopic (exact) mass is 360 g/mol. The van der Waals surface area contributed by atoms with Crippen molar-refractivity contribution in [2.45, 2.75) is 78.1 Å². The van der Waals surface area contributed by atoms with Crippen molar-refractivity contribution < 1.29 is 14.3 Å². The van der Waals surface area contributed by atoms with Gasteiger partial charge >= 0.3 is 6.16 Å². The van der Waals surface area contributed by atoms with Crippen molar-refractivity contribution >= 4 is 6.16 Å². The largest absolute Gasteiger partial charge is 0.508 e. The molecule has 0 aliphatic heterocycles. The molecule has 146 valence electrons. The van der Waals surface area contributed by atoms with Crippen molar-refractivity contribution in [3.63, 3.8) is 0 Å². The molecule has 0 saturated carbocycles. The molecule has 1 rings (SSSR count). The van der Waals surface area contributed by atoms with Crippen molar-refractivity contribution in [2.75, 3.05) is 13.2 Å². The molecule has 0 fully saturated rings. The Kier molecular flexibility index (Phi) is 8.39. The molecule has 0 amide bonds. The van der Waals surface area contributed by atoms with Crippen LogP contribution in [0.3, 0.4) is 0 Å². The number of hydrogen-bond donors (Lipinski definition) is 0.